The summed E-state index contributed by atoms with van der Waals surface area (Å²) < 4.78 is 5.32. The Morgan fingerprint density at radius 1 is 1.44 bits per heavy atom. The Labute approximate surface area is 94.2 Å². The van der Waals surface area contributed by atoms with E-state index < -0.39 is 0 Å². The summed E-state index contributed by atoms with van der Waals surface area (Å²) in [6, 6.07) is 0. The first-order valence-corrected chi connectivity index (χ1v) is 5.37. The van der Waals surface area contributed by atoms with Crippen molar-refractivity contribution in [3.8, 4) is 0 Å². The number of Topliss-reactive ketones (excluding diaryl/α,β-unsaturated/α-hetero) is 2. The van der Waals surface area contributed by atoms with Crippen molar-refractivity contribution in [2.24, 2.45) is 5.92 Å². The molecule has 0 unspecified atom stereocenters. The second-order valence-electron chi connectivity index (χ2n) is 4.56. The minimum atomic E-state index is -0.117. The molecule has 0 spiro atoms. The van der Waals surface area contributed by atoms with Gasteiger partial charge in [0.25, 0.3) is 0 Å². The molecular weight excluding hydrogens is 206 g/mol. The van der Waals surface area contributed by atoms with E-state index in [1.54, 1.807) is 0 Å². The van der Waals surface area contributed by atoms with E-state index in [9.17, 15) is 9.59 Å². The van der Waals surface area contributed by atoms with Crippen molar-refractivity contribution in [3.63, 3.8) is 0 Å². The predicted octanol–water partition coefficient (Wildman–Crippen LogP) is 1.75. The number of nitrogens with zero attached hydrogens (tertiary/aromatic N) is 1. The second kappa shape index (κ2) is 3.87. The molecule has 0 saturated carbocycles. The maximum absolute atomic E-state index is 11.9. The van der Waals surface area contributed by atoms with Crippen molar-refractivity contribution in [1.82, 2.24) is 4.90 Å². The molecule has 16 heavy (non-hydrogen) atoms. The van der Waals surface area contributed by atoms with Crippen molar-refractivity contribution < 1.29 is 14.0 Å². The SMILES string of the molecule is CC(C)C(=O)c1coc2c1C(=O)CN(C)C2. The number of hydrogen-bond donors (Lipinski definition) is 0. The number of ketones is 2. The Morgan fingerprint density at radius 2 is 2.12 bits per heavy atom. The van der Waals surface area contributed by atoms with E-state index >= 15 is 0 Å². The molecule has 2 rings (SSSR count). The Hall–Kier alpha value is -1.42. The zero-order chi connectivity index (χ0) is 11.9. The fraction of sp³-hybridized carbons (Fsp3) is 0.500. The van der Waals surface area contributed by atoms with Crippen LogP contribution < -0.4 is 0 Å². The van der Waals surface area contributed by atoms with Crippen LogP contribution in [-0.2, 0) is 6.54 Å². The van der Waals surface area contributed by atoms with Crippen LogP contribution in [0.25, 0.3) is 0 Å². The molecule has 1 aromatic heterocycles. The minimum absolute atomic E-state index is 0.0251. The largest absolute Gasteiger partial charge is 0.466 e. The van der Waals surface area contributed by atoms with Crippen molar-refractivity contribution in [1.29, 1.82) is 0 Å². The zero-order valence-corrected chi connectivity index (χ0v) is 9.74. The number of furan rings is 1. The van der Waals surface area contributed by atoms with Crippen LogP contribution in [-0.4, -0.2) is 30.1 Å². The highest BCUT2D eigenvalue weighted by Crippen LogP contribution is 2.25. The Bertz CT molecular complexity index is 445. The van der Waals surface area contributed by atoms with E-state index in [-0.39, 0.29) is 17.5 Å². The molecule has 0 radical (unpaired) electrons. The summed E-state index contributed by atoms with van der Waals surface area (Å²) >= 11 is 0. The summed E-state index contributed by atoms with van der Waals surface area (Å²) in [5, 5.41) is 0. The molecule has 0 N–H and O–H groups in total. The maximum atomic E-state index is 11.9. The molecule has 4 nitrogen and oxygen atoms in total. The summed E-state index contributed by atoms with van der Waals surface area (Å²) in [4.78, 5) is 25.6. The van der Waals surface area contributed by atoms with E-state index in [0.29, 0.717) is 30.0 Å². The van der Waals surface area contributed by atoms with Gasteiger partial charge in [-0.1, -0.05) is 13.8 Å². The molecule has 0 aliphatic carbocycles. The third-order valence-corrected chi connectivity index (χ3v) is 2.76. The van der Waals surface area contributed by atoms with E-state index in [2.05, 4.69) is 0 Å². The molecule has 0 amide bonds. The Balaban J connectivity index is 2.45. The summed E-state index contributed by atoms with van der Waals surface area (Å²) in [5.74, 6) is 0.446. The first-order chi connectivity index (χ1) is 7.50. The first kappa shape index (κ1) is 11.1. The number of fused-ring (bicyclic) bond motifs is 1. The van der Waals surface area contributed by atoms with Crippen molar-refractivity contribution in [3.05, 3.63) is 23.2 Å². The zero-order valence-electron chi connectivity index (χ0n) is 9.74. The lowest BCUT2D eigenvalue weighted by molar-refractivity contribution is 0.0891. The predicted molar refractivity (Wildman–Crippen MR) is 58.5 cm³/mol. The highest BCUT2D eigenvalue weighted by molar-refractivity contribution is 6.11. The van der Waals surface area contributed by atoms with Crippen LogP contribution in [0.15, 0.2) is 10.7 Å². The van der Waals surface area contributed by atoms with Gasteiger partial charge in [-0.05, 0) is 7.05 Å². The fourth-order valence-electron chi connectivity index (χ4n) is 1.94. The molecule has 0 atom stereocenters. The van der Waals surface area contributed by atoms with Gasteiger partial charge in [-0.15, -0.1) is 0 Å². The van der Waals surface area contributed by atoms with Gasteiger partial charge < -0.3 is 4.42 Å². The van der Waals surface area contributed by atoms with Gasteiger partial charge in [0.05, 0.1) is 24.2 Å². The maximum Gasteiger partial charge on any atom is 0.181 e. The number of carbonyl (C=O) groups excluding carboxylic acids is 2. The van der Waals surface area contributed by atoms with Crippen molar-refractivity contribution in [2.75, 3.05) is 13.6 Å². The summed E-state index contributed by atoms with van der Waals surface area (Å²) in [6.07, 6.45) is 1.42. The standard InChI is InChI=1S/C12H15NO3/c1-7(2)12(15)8-6-16-10-5-13(3)4-9(14)11(8)10/h6-7H,4-5H2,1-3H3. The lowest BCUT2D eigenvalue weighted by Gasteiger charge is -2.20. The molecule has 86 valence electrons. The first-order valence-electron chi connectivity index (χ1n) is 5.37. The number of likely N-dealkylation sites (N-methyl/N-ethyl adjacent to an activating group) is 1. The molecule has 1 aliphatic rings. The fourth-order valence-corrected chi connectivity index (χ4v) is 1.94. The van der Waals surface area contributed by atoms with E-state index in [1.807, 2.05) is 25.8 Å². The third-order valence-electron chi connectivity index (χ3n) is 2.76. The van der Waals surface area contributed by atoms with Gasteiger partial charge in [0.15, 0.2) is 11.6 Å². The Morgan fingerprint density at radius 3 is 2.75 bits per heavy atom. The van der Waals surface area contributed by atoms with Gasteiger partial charge in [0, 0.05) is 5.92 Å². The summed E-state index contributed by atoms with van der Waals surface area (Å²) in [5.41, 5.74) is 0.944. The van der Waals surface area contributed by atoms with Gasteiger partial charge in [0.1, 0.15) is 12.0 Å². The van der Waals surface area contributed by atoms with Crippen LogP contribution in [0.2, 0.25) is 0 Å². The molecule has 0 bridgehead atoms. The molecule has 4 heteroatoms. The lowest BCUT2D eigenvalue weighted by Crippen LogP contribution is -2.32. The van der Waals surface area contributed by atoms with Crippen molar-refractivity contribution in [2.45, 2.75) is 20.4 Å². The van der Waals surface area contributed by atoms with Crippen LogP contribution in [0.3, 0.4) is 0 Å². The average molecular weight is 221 g/mol. The molecule has 1 aliphatic heterocycles. The van der Waals surface area contributed by atoms with E-state index in [0.717, 1.165) is 0 Å². The average Bonchev–Trinajstić information content (AvgIpc) is 2.59. The summed E-state index contributed by atoms with van der Waals surface area (Å²) in [6.45, 7) is 4.58. The second-order valence-corrected chi connectivity index (χ2v) is 4.56. The van der Waals surface area contributed by atoms with Crippen molar-refractivity contribution >= 4 is 11.6 Å². The lowest BCUT2D eigenvalue weighted by atomic mass is 9.95. The number of hydrogen-bond acceptors (Lipinski definition) is 4. The highest BCUT2D eigenvalue weighted by Gasteiger charge is 2.30. The molecule has 2 heterocycles. The van der Waals surface area contributed by atoms with Crippen LogP contribution in [0, 0.1) is 5.92 Å². The molecular formula is C12H15NO3. The quantitative estimate of drug-likeness (QED) is 0.714. The normalized spacial score (nSPS) is 16.6. The third kappa shape index (κ3) is 1.69. The van der Waals surface area contributed by atoms with Gasteiger partial charge in [-0.25, -0.2) is 0 Å². The smallest absolute Gasteiger partial charge is 0.181 e. The monoisotopic (exact) mass is 221 g/mol. The summed E-state index contributed by atoms with van der Waals surface area (Å²) in [7, 11) is 1.85. The van der Waals surface area contributed by atoms with Gasteiger partial charge >= 0.3 is 0 Å². The van der Waals surface area contributed by atoms with E-state index in [1.165, 1.54) is 6.26 Å². The van der Waals surface area contributed by atoms with Gasteiger partial charge in [0.2, 0.25) is 0 Å². The topological polar surface area (TPSA) is 50.5 Å². The molecule has 0 fully saturated rings. The van der Waals surface area contributed by atoms with Gasteiger partial charge in [-0.2, -0.15) is 0 Å². The van der Waals surface area contributed by atoms with E-state index in [4.69, 9.17) is 4.42 Å². The minimum Gasteiger partial charge on any atom is -0.466 e. The molecule has 1 aromatic rings. The van der Waals surface area contributed by atoms with Crippen LogP contribution in [0.1, 0.15) is 40.3 Å². The highest BCUT2D eigenvalue weighted by atomic mass is 16.3. The Kier molecular flexibility index (Phi) is 2.68. The molecule has 0 aromatic carbocycles. The van der Waals surface area contributed by atoms with Gasteiger partial charge in [-0.3, -0.25) is 14.5 Å². The number of rotatable bonds is 2. The van der Waals surface area contributed by atoms with Crippen LogP contribution >= 0.6 is 0 Å². The number of carbonyl (C=O) groups is 2. The van der Waals surface area contributed by atoms with Crippen LogP contribution in [0.4, 0.5) is 0 Å². The molecule has 0 saturated heterocycles. The van der Waals surface area contributed by atoms with Crippen LogP contribution in [0.5, 0.6) is 0 Å².